The highest BCUT2D eigenvalue weighted by Gasteiger charge is 2.41. The van der Waals surface area contributed by atoms with Crippen LogP contribution in [0.25, 0.3) is 0 Å². The van der Waals surface area contributed by atoms with Crippen LogP contribution in [0.1, 0.15) is 12.8 Å². The first-order chi connectivity index (χ1) is 8.59. The summed E-state index contributed by atoms with van der Waals surface area (Å²) in [6.07, 6.45) is -0.967. The van der Waals surface area contributed by atoms with Gasteiger partial charge in [0.15, 0.2) is 0 Å². The van der Waals surface area contributed by atoms with E-state index in [0.29, 0.717) is 13.0 Å². The number of halogens is 2. The van der Waals surface area contributed by atoms with E-state index in [2.05, 4.69) is 0 Å². The van der Waals surface area contributed by atoms with Crippen LogP contribution >= 0.6 is 0 Å². The molecule has 2 aliphatic rings. The van der Waals surface area contributed by atoms with Crippen molar-refractivity contribution in [2.24, 2.45) is 0 Å². The molecule has 7 heteroatoms. The Hall–Kier alpha value is -1.24. The molecule has 18 heavy (non-hydrogen) atoms. The van der Waals surface area contributed by atoms with Crippen molar-refractivity contribution in [3.05, 3.63) is 0 Å². The van der Waals surface area contributed by atoms with Gasteiger partial charge in [0.2, 0.25) is 11.8 Å². The van der Waals surface area contributed by atoms with Gasteiger partial charge in [-0.3, -0.25) is 9.59 Å². The molecule has 2 aliphatic heterocycles. The number of nitrogens with zero attached hydrogens (tertiary/aromatic N) is 2. The van der Waals surface area contributed by atoms with Crippen molar-refractivity contribution in [3.63, 3.8) is 0 Å². The molecule has 0 spiro atoms. The van der Waals surface area contributed by atoms with Crippen LogP contribution in [0.4, 0.5) is 8.78 Å². The molecule has 1 atom stereocenters. The van der Waals surface area contributed by atoms with Gasteiger partial charge in [0.05, 0.1) is 13.2 Å². The van der Waals surface area contributed by atoms with Crippen molar-refractivity contribution in [2.75, 3.05) is 32.8 Å². The monoisotopic (exact) mass is 262 g/mol. The van der Waals surface area contributed by atoms with Gasteiger partial charge in [-0.25, -0.2) is 8.78 Å². The lowest BCUT2D eigenvalue weighted by molar-refractivity contribution is -0.154. The van der Waals surface area contributed by atoms with Crippen LogP contribution in [-0.2, 0) is 14.3 Å². The summed E-state index contributed by atoms with van der Waals surface area (Å²) in [6, 6.07) is -0.346. The maximum Gasteiger partial charge on any atom is 0.261 e. The second-order valence-electron chi connectivity index (χ2n) is 4.47. The lowest BCUT2D eigenvalue weighted by Gasteiger charge is -2.36. The summed E-state index contributed by atoms with van der Waals surface area (Å²) in [5.74, 6) is -0.154. The van der Waals surface area contributed by atoms with Crippen molar-refractivity contribution >= 4 is 11.8 Å². The summed E-state index contributed by atoms with van der Waals surface area (Å²) in [5, 5.41) is 0. The van der Waals surface area contributed by atoms with Crippen molar-refractivity contribution in [1.82, 2.24) is 9.80 Å². The van der Waals surface area contributed by atoms with E-state index in [1.807, 2.05) is 0 Å². The quantitative estimate of drug-likeness (QED) is 0.660. The van der Waals surface area contributed by atoms with Crippen molar-refractivity contribution in [3.8, 4) is 0 Å². The summed E-state index contributed by atoms with van der Waals surface area (Å²) >= 11 is 0. The molecule has 0 N–H and O–H groups in total. The number of hydrogen-bond acceptors (Lipinski definition) is 3. The molecule has 0 aromatic heterocycles. The molecule has 2 heterocycles. The van der Waals surface area contributed by atoms with E-state index in [4.69, 9.17) is 4.74 Å². The second-order valence-corrected chi connectivity index (χ2v) is 4.47. The van der Waals surface area contributed by atoms with Crippen molar-refractivity contribution < 1.29 is 23.1 Å². The zero-order valence-corrected chi connectivity index (χ0v) is 9.98. The summed E-state index contributed by atoms with van der Waals surface area (Å²) < 4.78 is 28.4. The molecule has 1 unspecified atom stereocenters. The highest BCUT2D eigenvalue weighted by molar-refractivity contribution is 5.95. The van der Waals surface area contributed by atoms with E-state index in [1.54, 1.807) is 4.90 Å². The van der Waals surface area contributed by atoms with E-state index in [-0.39, 0.29) is 37.6 Å². The number of amides is 2. The lowest BCUT2D eigenvalue weighted by Crippen LogP contribution is -2.57. The van der Waals surface area contributed by atoms with E-state index in [9.17, 15) is 18.4 Å². The maximum absolute atomic E-state index is 12.0. The molecule has 5 nitrogen and oxygen atoms in total. The first-order valence-electron chi connectivity index (χ1n) is 6.03. The van der Waals surface area contributed by atoms with E-state index >= 15 is 0 Å². The first-order valence-corrected chi connectivity index (χ1v) is 6.03. The van der Waals surface area contributed by atoms with Gasteiger partial charge in [-0.05, 0) is 12.8 Å². The van der Waals surface area contributed by atoms with Gasteiger partial charge in [-0.2, -0.15) is 0 Å². The minimum absolute atomic E-state index is 0.0351. The van der Waals surface area contributed by atoms with Gasteiger partial charge in [0, 0.05) is 13.1 Å². The minimum atomic E-state index is -2.51. The molecule has 2 rings (SSSR count). The van der Waals surface area contributed by atoms with Crippen LogP contribution in [0.3, 0.4) is 0 Å². The number of rotatable bonds is 5. The van der Waals surface area contributed by atoms with Gasteiger partial charge in [0.1, 0.15) is 12.6 Å². The normalized spacial score (nSPS) is 24.1. The summed E-state index contributed by atoms with van der Waals surface area (Å²) in [6.45, 7) is 0.279. The maximum atomic E-state index is 12.0. The highest BCUT2D eigenvalue weighted by Crippen LogP contribution is 2.23. The lowest BCUT2D eigenvalue weighted by atomic mass is 10.1. The molecular weight excluding hydrogens is 246 g/mol. The molecule has 2 fully saturated rings. The molecule has 0 saturated carbocycles. The fourth-order valence-corrected chi connectivity index (χ4v) is 2.40. The predicted octanol–water partition coefficient (Wildman–Crippen LogP) is 0.101. The fourth-order valence-electron chi connectivity index (χ4n) is 2.40. The number of ether oxygens (including phenoxy) is 1. The molecule has 102 valence electrons. The number of fused-ring (bicyclic) bond motifs is 1. The molecular formula is C11H16F2N2O3. The van der Waals surface area contributed by atoms with Crippen LogP contribution in [0.2, 0.25) is 0 Å². The molecule has 0 aromatic carbocycles. The Morgan fingerprint density at radius 3 is 2.89 bits per heavy atom. The zero-order chi connectivity index (χ0) is 13.1. The van der Waals surface area contributed by atoms with Crippen molar-refractivity contribution in [1.29, 1.82) is 0 Å². The van der Waals surface area contributed by atoms with Crippen molar-refractivity contribution in [2.45, 2.75) is 25.3 Å². The fraction of sp³-hybridized carbons (Fsp3) is 0.818. The van der Waals surface area contributed by atoms with Crippen LogP contribution in [0, 0.1) is 0 Å². The van der Waals surface area contributed by atoms with Gasteiger partial charge < -0.3 is 14.5 Å². The van der Waals surface area contributed by atoms with Gasteiger partial charge in [-0.15, -0.1) is 0 Å². The number of carbonyl (C=O) groups excluding carboxylic acids is 2. The summed E-state index contributed by atoms with van der Waals surface area (Å²) in [5.41, 5.74) is 0. The van der Waals surface area contributed by atoms with Gasteiger partial charge in [0.25, 0.3) is 6.43 Å². The van der Waals surface area contributed by atoms with E-state index in [0.717, 1.165) is 6.42 Å². The largest absolute Gasteiger partial charge is 0.374 e. The Morgan fingerprint density at radius 1 is 1.39 bits per heavy atom. The number of alkyl halides is 2. The molecule has 0 bridgehead atoms. The number of piperazine rings is 1. The second kappa shape index (κ2) is 5.60. The van der Waals surface area contributed by atoms with Crippen LogP contribution in [-0.4, -0.2) is 66.9 Å². The Kier molecular flexibility index (Phi) is 4.11. The van der Waals surface area contributed by atoms with Gasteiger partial charge >= 0.3 is 0 Å². The molecule has 0 radical (unpaired) electrons. The third-order valence-corrected chi connectivity index (χ3v) is 3.25. The molecule has 2 saturated heterocycles. The summed E-state index contributed by atoms with van der Waals surface area (Å²) in [4.78, 5) is 26.8. The Bertz CT molecular complexity index is 338. The Labute approximate surface area is 104 Å². The molecule has 0 aliphatic carbocycles. The van der Waals surface area contributed by atoms with Gasteiger partial charge in [-0.1, -0.05) is 0 Å². The number of carbonyl (C=O) groups is 2. The average Bonchev–Trinajstić information content (AvgIpc) is 2.80. The smallest absolute Gasteiger partial charge is 0.261 e. The molecule has 0 aromatic rings. The first kappa shape index (κ1) is 13.2. The predicted molar refractivity (Wildman–Crippen MR) is 58.1 cm³/mol. The minimum Gasteiger partial charge on any atom is -0.374 e. The zero-order valence-electron chi connectivity index (χ0n) is 9.98. The van der Waals surface area contributed by atoms with E-state index in [1.165, 1.54) is 4.90 Å². The van der Waals surface area contributed by atoms with Crippen LogP contribution in [0.15, 0.2) is 0 Å². The average molecular weight is 262 g/mol. The Morgan fingerprint density at radius 2 is 2.17 bits per heavy atom. The third kappa shape index (κ3) is 2.77. The highest BCUT2D eigenvalue weighted by atomic mass is 19.3. The Balaban J connectivity index is 1.82. The SMILES string of the molecule is O=C1C2CCCN2C(=O)CN1CCOCC(F)F. The summed E-state index contributed by atoms with van der Waals surface area (Å²) in [7, 11) is 0. The number of hydrogen-bond donors (Lipinski definition) is 0. The topological polar surface area (TPSA) is 49.9 Å². The third-order valence-electron chi connectivity index (χ3n) is 3.25. The van der Waals surface area contributed by atoms with Crippen LogP contribution in [0.5, 0.6) is 0 Å². The molecule has 2 amide bonds. The van der Waals surface area contributed by atoms with E-state index < -0.39 is 13.0 Å². The van der Waals surface area contributed by atoms with Crippen LogP contribution < -0.4 is 0 Å². The standard InChI is InChI=1S/C11H16F2N2O3/c12-9(13)7-18-5-4-14-6-10(16)15-3-1-2-8(15)11(14)17/h8-9H,1-7H2.